The number of rotatable bonds is 5. The first kappa shape index (κ1) is 15.9. The van der Waals surface area contributed by atoms with Crippen molar-refractivity contribution in [1.82, 2.24) is 4.98 Å². The number of hydrogen-bond acceptors (Lipinski definition) is 4. The standard InChI is InChI=1S/C14H12Cl2N2O2S/c1-20-12-5-4-9(15)7-11(12)18-13(19)8-21-14-10(16)3-2-6-17-14/h2-7H,8H2,1H3,(H,18,19). The quantitative estimate of drug-likeness (QED) is 0.830. The van der Waals surface area contributed by atoms with Crippen LogP contribution in [0.25, 0.3) is 0 Å². The summed E-state index contributed by atoms with van der Waals surface area (Å²) in [5, 5.41) is 4.41. The van der Waals surface area contributed by atoms with Crippen LogP contribution in [0.5, 0.6) is 5.75 Å². The summed E-state index contributed by atoms with van der Waals surface area (Å²) < 4.78 is 5.17. The summed E-state index contributed by atoms with van der Waals surface area (Å²) in [5.74, 6) is 0.544. The number of aromatic nitrogens is 1. The van der Waals surface area contributed by atoms with Crippen LogP contribution in [0, 0.1) is 0 Å². The van der Waals surface area contributed by atoms with Crippen LogP contribution in [0.15, 0.2) is 41.6 Å². The van der Waals surface area contributed by atoms with Crippen LogP contribution in [0.1, 0.15) is 0 Å². The number of carbonyl (C=O) groups excluding carboxylic acids is 1. The van der Waals surface area contributed by atoms with Crippen molar-refractivity contribution in [2.24, 2.45) is 0 Å². The molecular formula is C14H12Cl2N2O2S. The molecule has 0 spiro atoms. The minimum atomic E-state index is -0.192. The van der Waals surface area contributed by atoms with E-state index in [-0.39, 0.29) is 11.7 Å². The van der Waals surface area contributed by atoms with Crippen molar-refractivity contribution in [2.45, 2.75) is 5.03 Å². The average Bonchev–Trinajstić information content (AvgIpc) is 2.47. The molecule has 4 nitrogen and oxygen atoms in total. The second-order valence-corrected chi connectivity index (χ2v) is 5.78. The van der Waals surface area contributed by atoms with Crippen LogP contribution in [0.2, 0.25) is 10.0 Å². The summed E-state index contributed by atoms with van der Waals surface area (Å²) in [5.41, 5.74) is 0.530. The van der Waals surface area contributed by atoms with Gasteiger partial charge in [0.15, 0.2) is 0 Å². The van der Waals surface area contributed by atoms with E-state index in [0.29, 0.717) is 26.5 Å². The molecule has 0 fully saturated rings. The molecule has 0 atom stereocenters. The Morgan fingerprint density at radius 2 is 2.19 bits per heavy atom. The maximum atomic E-state index is 12.0. The van der Waals surface area contributed by atoms with Crippen LogP contribution in [0.3, 0.4) is 0 Å². The van der Waals surface area contributed by atoms with Gasteiger partial charge in [-0.05, 0) is 30.3 Å². The summed E-state index contributed by atoms with van der Waals surface area (Å²) in [6.45, 7) is 0. The van der Waals surface area contributed by atoms with Crippen LogP contribution in [0.4, 0.5) is 5.69 Å². The molecule has 2 aromatic rings. The fourth-order valence-electron chi connectivity index (χ4n) is 1.58. The summed E-state index contributed by atoms with van der Waals surface area (Å²) in [4.78, 5) is 16.1. The van der Waals surface area contributed by atoms with E-state index in [2.05, 4.69) is 10.3 Å². The van der Waals surface area contributed by atoms with E-state index in [4.69, 9.17) is 27.9 Å². The first-order chi connectivity index (χ1) is 10.1. The Kier molecular flexibility index (Phi) is 5.73. The lowest BCUT2D eigenvalue weighted by Crippen LogP contribution is -2.14. The summed E-state index contributed by atoms with van der Waals surface area (Å²) in [7, 11) is 1.53. The Hall–Kier alpha value is -1.43. The smallest absolute Gasteiger partial charge is 0.234 e. The normalized spacial score (nSPS) is 10.2. The van der Waals surface area contributed by atoms with Crippen LogP contribution in [-0.2, 0) is 4.79 Å². The molecule has 0 aliphatic rings. The highest BCUT2D eigenvalue weighted by Crippen LogP contribution is 2.28. The highest BCUT2D eigenvalue weighted by Gasteiger charge is 2.10. The minimum Gasteiger partial charge on any atom is -0.495 e. The highest BCUT2D eigenvalue weighted by molar-refractivity contribution is 8.00. The molecule has 0 unspecified atom stereocenters. The summed E-state index contributed by atoms with van der Waals surface area (Å²) in [6.07, 6.45) is 1.63. The van der Waals surface area contributed by atoms with Gasteiger partial charge in [-0.1, -0.05) is 35.0 Å². The zero-order chi connectivity index (χ0) is 15.2. The Bertz CT molecular complexity index is 653. The number of nitrogens with zero attached hydrogens (tertiary/aromatic N) is 1. The topological polar surface area (TPSA) is 51.2 Å². The number of hydrogen-bond donors (Lipinski definition) is 1. The van der Waals surface area contributed by atoms with Gasteiger partial charge in [-0.3, -0.25) is 4.79 Å². The monoisotopic (exact) mass is 342 g/mol. The number of nitrogens with one attached hydrogen (secondary N) is 1. The molecule has 1 heterocycles. The van der Waals surface area contributed by atoms with Crippen molar-refractivity contribution in [2.75, 3.05) is 18.2 Å². The summed E-state index contributed by atoms with van der Waals surface area (Å²) in [6, 6.07) is 8.49. The number of carbonyl (C=O) groups is 1. The minimum absolute atomic E-state index is 0.187. The maximum absolute atomic E-state index is 12.0. The molecule has 0 saturated carbocycles. The van der Waals surface area contributed by atoms with Gasteiger partial charge in [-0.15, -0.1) is 0 Å². The van der Waals surface area contributed by atoms with E-state index in [1.54, 1.807) is 36.5 Å². The first-order valence-electron chi connectivity index (χ1n) is 5.97. The molecular weight excluding hydrogens is 331 g/mol. The van der Waals surface area contributed by atoms with Gasteiger partial charge >= 0.3 is 0 Å². The molecule has 0 bridgehead atoms. The average molecular weight is 343 g/mol. The fourth-order valence-corrected chi connectivity index (χ4v) is 2.71. The van der Waals surface area contributed by atoms with Gasteiger partial charge in [0.05, 0.1) is 23.6 Å². The van der Waals surface area contributed by atoms with Gasteiger partial charge in [-0.2, -0.15) is 0 Å². The fraction of sp³-hybridized carbons (Fsp3) is 0.143. The molecule has 0 saturated heterocycles. The SMILES string of the molecule is COc1ccc(Cl)cc1NC(=O)CSc1ncccc1Cl. The van der Waals surface area contributed by atoms with E-state index in [0.717, 1.165) is 0 Å². The van der Waals surface area contributed by atoms with Gasteiger partial charge in [0.25, 0.3) is 0 Å². The van der Waals surface area contributed by atoms with Crippen molar-refractivity contribution >= 4 is 46.6 Å². The zero-order valence-electron chi connectivity index (χ0n) is 11.1. The van der Waals surface area contributed by atoms with Gasteiger partial charge in [-0.25, -0.2) is 4.98 Å². The van der Waals surface area contributed by atoms with Crippen LogP contribution >= 0.6 is 35.0 Å². The highest BCUT2D eigenvalue weighted by atomic mass is 35.5. The molecule has 110 valence electrons. The molecule has 7 heteroatoms. The van der Waals surface area contributed by atoms with Crippen molar-refractivity contribution in [3.05, 3.63) is 46.6 Å². The third kappa shape index (κ3) is 4.52. The molecule has 1 aromatic heterocycles. The third-order valence-corrected chi connectivity index (χ3v) is 4.16. The number of ether oxygens (including phenoxy) is 1. The van der Waals surface area contributed by atoms with E-state index in [9.17, 15) is 4.79 Å². The van der Waals surface area contributed by atoms with E-state index in [1.807, 2.05) is 0 Å². The van der Waals surface area contributed by atoms with Crippen LogP contribution < -0.4 is 10.1 Å². The molecule has 1 amide bonds. The lowest BCUT2D eigenvalue weighted by Gasteiger charge is -2.10. The van der Waals surface area contributed by atoms with Crippen molar-refractivity contribution in [1.29, 1.82) is 0 Å². The zero-order valence-corrected chi connectivity index (χ0v) is 13.4. The lowest BCUT2D eigenvalue weighted by atomic mass is 10.3. The third-order valence-electron chi connectivity index (χ3n) is 2.50. The number of pyridine rings is 1. The Morgan fingerprint density at radius 3 is 2.90 bits per heavy atom. The number of anilines is 1. The van der Waals surface area contributed by atoms with E-state index in [1.165, 1.54) is 18.9 Å². The Morgan fingerprint density at radius 1 is 1.38 bits per heavy atom. The Balaban J connectivity index is 1.99. The second kappa shape index (κ2) is 7.54. The van der Waals surface area contributed by atoms with Crippen LogP contribution in [-0.4, -0.2) is 23.8 Å². The van der Waals surface area contributed by atoms with E-state index >= 15 is 0 Å². The predicted octanol–water partition coefficient (Wildman–Crippen LogP) is 4.13. The van der Waals surface area contributed by atoms with Crippen molar-refractivity contribution in [3.8, 4) is 5.75 Å². The molecule has 0 radical (unpaired) electrons. The van der Waals surface area contributed by atoms with Gasteiger partial charge in [0.1, 0.15) is 10.8 Å². The number of benzene rings is 1. The molecule has 0 aliphatic heterocycles. The summed E-state index contributed by atoms with van der Waals surface area (Å²) >= 11 is 13.2. The van der Waals surface area contributed by atoms with Gasteiger partial charge < -0.3 is 10.1 Å². The lowest BCUT2D eigenvalue weighted by molar-refractivity contribution is -0.113. The van der Waals surface area contributed by atoms with Gasteiger partial charge in [0.2, 0.25) is 5.91 Å². The molecule has 1 N–H and O–H groups in total. The van der Waals surface area contributed by atoms with Crippen molar-refractivity contribution < 1.29 is 9.53 Å². The number of halogens is 2. The maximum Gasteiger partial charge on any atom is 0.234 e. The number of thioether (sulfide) groups is 1. The largest absolute Gasteiger partial charge is 0.495 e. The molecule has 0 aliphatic carbocycles. The molecule has 1 aromatic carbocycles. The molecule has 2 rings (SSSR count). The second-order valence-electron chi connectivity index (χ2n) is 3.97. The van der Waals surface area contributed by atoms with Crippen molar-refractivity contribution in [3.63, 3.8) is 0 Å². The van der Waals surface area contributed by atoms with E-state index < -0.39 is 0 Å². The van der Waals surface area contributed by atoms with Gasteiger partial charge in [0, 0.05) is 11.2 Å². The predicted molar refractivity (Wildman–Crippen MR) is 86.6 cm³/mol. The number of methoxy groups -OCH3 is 1. The first-order valence-corrected chi connectivity index (χ1v) is 7.71. The number of amides is 1. The Labute approximate surface area is 136 Å². The molecule has 21 heavy (non-hydrogen) atoms.